The third kappa shape index (κ3) is 3.86. The van der Waals surface area contributed by atoms with Gasteiger partial charge in [0.1, 0.15) is 5.82 Å². The Kier molecular flexibility index (Phi) is 4.63. The Labute approximate surface area is 113 Å². The Morgan fingerprint density at radius 3 is 2.58 bits per heavy atom. The molecule has 3 heteroatoms. The summed E-state index contributed by atoms with van der Waals surface area (Å²) in [7, 11) is 1.89. The van der Waals surface area contributed by atoms with Gasteiger partial charge in [-0.2, -0.15) is 0 Å². The van der Waals surface area contributed by atoms with Gasteiger partial charge in [-0.25, -0.2) is 4.39 Å². The van der Waals surface area contributed by atoms with Crippen LogP contribution in [0, 0.1) is 12.7 Å². The van der Waals surface area contributed by atoms with Crippen molar-refractivity contribution in [1.82, 2.24) is 10.3 Å². The van der Waals surface area contributed by atoms with E-state index >= 15 is 0 Å². The van der Waals surface area contributed by atoms with Gasteiger partial charge in [0.25, 0.3) is 0 Å². The van der Waals surface area contributed by atoms with Crippen LogP contribution in [0.4, 0.5) is 4.39 Å². The lowest BCUT2D eigenvalue weighted by Gasteiger charge is -2.16. The first-order valence-corrected chi connectivity index (χ1v) is 6.52. The fraction of sp³-hybridized carbons (Fsp3) is 0.312. The average Bonchev–Trinajstić information content (AvgIpc) is 2.42. The number of hydrogen-bond donors (Lipinski definition) is 1. The van der Waals surface area contributed by atoms with E-state index in [1.54, 1.807) is 12.3 Å². The minimum Gasteiger partial charge on any atom is -0.313 e. The summed E-state index contributed by atoms with van der Waals surface area (Å²) in [5.74, 6) is -0.284. The SMILES string of the molecule is CNC(CCc1ccc(C)cc1)c1cncc(F)c1. The van der Waals surface area contributed by atoms with Gasteiger partial charge in [0, 0.05) is 12.2 Å². The van der Waals surface area contributed by atoms with Crippen LogP contribution in [0.3, 0.4) is 0 Å². The van der Waals surface area contributed by atoms with E-state index in [4.69, 9.17) is 0 Å². The molecule has 0 fully saturated rings. The zero-order valence-corrected chi connectivity index (χ0v) is 11.4. The Balaban J connectivity index is 2.01. The van der Waals surface area contributed by atoms with Gasteiger partial charge in [-0.3, -0.25) is 4.98 Å². The fourth-order valence-electron chi connectivity index (χ4n) is 2.16. The summed E-state index contributed by atoms with van der Waals surface area (Å²) >= 11 is 0. The Morgan fingerprint density at radius 2 is 1.95 bits per heavy atom. The molecule has 0 spiro atoms. The number of rotatable bonds is 5. The number of hydrogen-bond acceptors (Lipinski definition) is 2. The van der Waals surface area contributed by atoms with Crippen LogP contribution >= 0.6 is 0 Å². The second-order valence-corrected chi connectivity index (χ2v) is 4.80. The van der Waals surface area contributed by atoms with E-state index < -0.39 is 0 Å². The molecule has 1 aromatic carbocycles. The smallest absolute Gasteiger partial charge is 0.141 e. The van der Waals surface area contributed by atoms with Gasteiger partial charge in [-0.15, -0.1) is 0 Å². The van der Waals surface area contributed by atoms with Crippen LogP contribution < -0.4 is 5.32 Å². The summed E-state index contributed by atoms with van der Waals surface area (Å²) in [6.07, 6.45) is 4.84. The van der Waals surface area contributed by atoms with Crippen molar-refractivity contribution in [3.8, 4) is 0 Å². The zero-order valence-electron chi connectivity index (χ0n) is 11.4. The van der Waals surface area contributed by atoms with Crippen molar-refractivity contribution < 1.29 is 4.39 Å². The van der Waals surface area contributed by atoms with Crippen molar-refractivity contribution in [1.29, 1.82) is 0 Å². The molecule has 2 aromatic rings. The van der Waals surface area contributed by atoms with Gasteiger partial charge in [0.15, 0.2) is 0 Å². The zero-order chi connectivity index (χ0) is 13.7. The van der Waals surface area contributed by atoms with Crippen molar-refractivity contribution >= 4 is 0 Å². The number of pyridine rings is 1. The number of aromatic nitrogens is 1. The van der Waals surface area contributed by atoms with Gasteiger partial charge < -0.3 is 5.32 Å². The molecule has 0 aliphatic heterocycles. The largest absolute Gasteiger partial charge is 0.313 e. The summed E-state index contributed by atoms with van der Waals surface area (Å²) in [6.45, 7) is 2.08. The van der Waals surface area contributed by atoms with Gasteiger partial charge >= 0.3 is 0 Å². The lowest BCUT2D eigenvalue weighted by molar-refractivity contribution is 0.538. The summed E-state index contributed by atoms with van der Waals surface area (Å²) in [4.78, 5) is 3.90. The molecule has 0 saturated heterocycles. The minimum atomic E-state index is -0.284. The molecule has 100 valence electrons. The highest BCUT2D eigenvalue weighted by Gasteiger charge is 2.10. The number of aryl methyl sites for hydroxylation is 2. The van der Waals surface area contributed by atoms with Gasteiger partial charge in [-0.1, -0.05) is 29.8 Å². The summed E-state index contributed by atoms with van der Waals surface area (Å²) in [5, 5.41) is 3.22. The van der Waals surface area contributed by atoms with Crippen molar-refractivity contribution in [3.05, 3.63) is 65.2 Å². The van der Waals surface area contributed by atoms with Gasteiger partial charge in [-0.05, 0) is 44.0 Å². The van der Waals surface area contributed by atoms with Gasteiger partial charge in [0.05, 0.1) is 6.20 Å². The lowest BCUT2D eigenvalue weighted by atomic mass is 10.00. The minimum absolute atomic E-state index is 0.129. The molecule has 1 unspecified atom stereocenters. The lowest BCUT2D eigenvalue weighted by Crippen LogP contribution is -2.17. The van der Waals surface area contributed by atoms with Crippen LogP contribution in [0.5, 0.6) is 0 Å². The maximum absolute atomic E-state index is 13.2. The summed E-state index contributed by atoms with van der Waals surface area (Å²) < 4.78 is 13.2. The first-order chi connectivity index (χ1) is 9.19. The van der Waals surface area contributed by atoms with Crippen LogP contribution in [0.2, 0.25) is 0 Å². The molecule has 0 radical (unpaired) electrons. The van der Waals surface area contributed by atoms with Crippen molar-refractivity contribution in [2.75, 3.05) is 7.05 Å². The molecule has 1 N–H and O–H groups in total. The normalized spacial score (nSPS) is 12.4. The van der Waals surface area contributed by atoms with E-state index in [-0.39, 0.29) is 11.9 Å². The highest BCUT2D eigenvalue weighted by molar-refractivity contribution is 5.22. The molecule has 0 amide bonds. The first-order valence-electron chi connectivity index (χ1n) is 6.52. The first kappa shape index (κ1) is 13.7. The molecule has 0 aliphatic carbocycles. The monoisotopic (exact) mass is 258 g/mol. The van der Waals surface area contributed by atoms with Crippen LogP contribution in [0.1, 0.15) is 29.2 Å². The number of halogens is 1. The molecule has 0 saturated carbocycles. The van der Waals surface area contributed by atoms with Crippen LogP contribution in [-0.4, -0.2) is 12.0 Å². The number of nitrogens with zero attached hydrogens (tertiary/aromatic N) is 1. The molecular weight excluding hydrogens is 239 g/mol. The molecule has 1 aromatic heterocycles. The molecule has 1 atom stereocenters. The van der Waals surface area contributed by atoms with E-state index in [2.05, 4.69) is 41.5 Å². The quantitative estimate of drug-likeness (QED) is 0.888. The van der Waals surface area contributed by atoms with Crippen LogP contribution in [0.15, 0.2) is 42.7 Å². The maximum atomic E-state index is 13.2. The van der Waals surface area contributed by atoms with E-state index in [0.29, 0.717) is 0 Å². The molecule has 19 heavy (non-hydrogen) atoms. The third-order valence-corrected chi connectivity index (χ3v) is 3.32. The predicted molar refractivity (Wildman–Crippen MR) is 75.5 cm³/mol. The average molecular weight is 258 g/mol. The summed E-state index contributed by atoms with van der Waals surface area (Å²) in [6, 6.07) is 10.2. The Hall–Kier alpha value is -1.74. The van der Waals surface area contributed by atoms with Crippen molar-refractivity contribution in [2.45, 2.75) is 25.8 Å². The predicted octanol–water partition coefficient (Wildman–Crippen LogP) is 3.42. The van der Waals surface area contributed by atoms with E-state index in [9.17, 15) is 4.39 Å². The van der Waals surface area contributed by atoms with Crippen LogP contribution in [-0.2, 0) is 6.42 Å². The van der Waals surface area contributed by atoms with Gasteiger partial charge in [0.2, 0.25) is 0 Å². The molecular formula is C16H19FN2. The Morgan fingerprint density at radius 1 is 1.21 bits per heavy atom. The number of benzene rings is 1. The molecule has 1 heterocycles. The fourth-order valence-corrected chi connectivity index (χ4v) is 2.16. The molecule has 2 nitrogen and oxygen atoms in total. The van der Waals surface area contributed by atoms with E-state index in [0.717, 1.165) is 18.4 Å². The second kappa shape index (κ2) is 6.43. The second-order valence-electron chi connectivity index (χ2n) is 4.80. The third-order valence-electron chi connectivity index (χ3n) is 3.32. The molecule has 0 bridgehead atoms. The highest BCUT2D eigenvalue weighted by Crippen LogP contribution is 2.19. The van der Waals surface area contributed by atoms with E-state index in [1.807, 2.05) is 7.05 Å². The van der Waals surface area contributed by atoms with Crippen molar-refractivity contribution in [2.24, 2.45) is 0 Å². The standard InChI is InChI=1S/C16H19FN2/c1-12-3-5-13(6-4-12)7-8-16(18-2)14-9-15(17)11-19-10-14/h3-6,9-11,16,18H,7-8H2,1-2H3. The maximum Gasteiger partial charge on any atom is 0.141 e. The van der Waals surface area contributed by atoms with Crippen molar-refractivity contribution in [3.63, 3.8) is 0 Å². The molecule has 2 rings (SSSR count). The highest BCUT2D eigenvalue weighted by atomic mass is 19.1. The Bertz CT molecular complexity index is 523. The summed E-state index contributed by atoms with van der Waals surface area (Å²) in [5.41, 5.74) is 3.47. The number of nitrogens with one attached hydrogen (secondary N) is 1. The molecule has 0 aliphatic rings. The van der Waals surface area contributed by atoms with Crippen LogP contribution in [0.25, 0.3) is 0 Å². The van der Waals surface area contributed by atoms with E-state index in [1.165, 1.54) is 17.3 Å². The topological polar surface area (TPSA) is 24.9 Å².